The molecule has 4 aromatic carbocycles. The molecule has 2 saturated heterocycles. The summed E-state index contributed by atoms with van der Waals surface area (Å²) in [5.41, 5.74) is 7.14. The number of alkyl carbamates (subject to hydrolysis) is 2. The van der Waals surface area contributed by atoms with Gasteiger partial charge >= 0.3 is 12.2 Å². The zero-order chi connectivity index (χ0) is 45.1. The second-order valence-electron chi connectivity index (χ2n) is 18.0. The van der Waals surface area contributed by atoms with Crippen LogP contribution in [0.25, 0.3) is 44.2 Å². The maximum absolute atomic E-state index is 14.3. The number of imidazole rings is 2. The van der Waals surface area contributed by atoms with Gasteiger partial charge in [0, 0.05) is 42.1 Å². The molecule has 0 unspecified atom stereocenters. The van der Waals surface area contributed by atoms with E-state index >= 15 is 0 Å². The molecule has 16 nitrogen and oxygen atoms in total. The number of piperidine rings is 1. The lowest BCUT2D eigenvalue weighted by Crippen LogP contribution is -2.52. The normalized spacial score (nSPS) is 21.6. The monoisotopic (exact) mass is 880 g/mol. The number of nitrogens with one attached hydrogen (secondary N) is 4. The first-order valence-corrected chi connectivity index (χ1v) is 22.2. The minimum Gasteiger partial charge on any atom is -0.488 e. The van der Waals surface area contributed by atoms with Crippen molar-refractivity contribution in [2.24, 2.45) is 17.8 Å². The molecule has 1 saturated carbocycles. The van der Waals surface area contributed by atoms with E-state index in [4.69, 9.17) is 28.9 Å². The van der Waals surface area contributed by atoms with Crippen LogP contribution in [-0.4, -0.2) is 100 Å². The topological polar surface area (TPSA) is 193 Å². The number of hydrogen-bond donors (Lipinski definition) is 4. The first-order chi connectivity index (χ1) is 31.5. The van der Waals surface area contributed by atoms with E-state index < -0.39 is 24.3 Å². The molecule has 0 spiro atoms. The summed E-state index contributed by atoms with van der Waals surface area (Å²) in [6.45, 7) is 5.12. The largest absolute Gasteiger partial charge is 0.488 e. The fourth-order valence-corrected chi connectivity index (χ4v) is 10.2. The van der Waals surface area contributed by atoms with Gasteiger partial charge in [-0.1, -0.05) is 56.3 Å². The maximum atomic E-state index is 14.3. The Kier molecular flexibility index (Phi) is 10.9. The molecule has 0 bridgehead atoms. The van der Waals surface area contributed by atoms with E-state index in [9.17, 15) is 19.2 Å². The quantitative estimate of drug-likeness (QED) is 0.102. The van der Waals surface area contributed by atoms with E-state index in [0.29, 0.717) is 43.5 Å². The van der Waals surface area contributed by atoms with Crippen LogP contribution >= 0.6 is 0 Å². The number of ether oxygens (including phenoxy) is 4. The molecule has 6 aromatic rings. The van der Waals surface area contributed by atoms with Gasteiger partial charge in [-0.2, -0.15) is 0 Å². The Morgan fingerprint density at radius 2 is 1.65 bits per heavy atom. The third kappa shape index (κ3) is 7.68. The van der Waals surface area contributed by atoms with E-state index in [1.54, 1.807) is 18.2 Å². The average molecular weight is 881 g/mol. The second kappa shape index (κ2) is 16.9. The molecule has 4 aliphatic rings. The smallest absolute Gasteiger partial charge is 0.407 e. The number of H-pyrrole nitrogens is 2. The zero-order valence-corrected chi connectivity index (χ0v) is 36.9. The van der Waals surface area contributed by atoms with Crippen molar-refractivity contribution in [2.75, 3.05) is 34.5 Å². The molecule has 7 atom stereocenters. The van der Waals surface area contributed by atoms with Gasteiger partial charge in [0.2, 0.25) is 5.91 Å². The van der Waals surface area contributed by atoms with Gasteiger partial charge in [-0.05, 0) is 83.5 Å². The lowest BCUT2D eigenvalue weighted by atomic mass is 9.92. The molecule has 1 aliphatic carbocycles. The Labute approximate surface area is 375 Å². The predicted molar refractivity (Wildman–Crippen MR) is 240 cm³/mol. The van der Waals surface area contributed by atoms with Crippen LogP contribution in [0.3, 0.4) is 0 Å². The Balaban J connectivity index is 0.908. The van der Waals surface area contributed by atoms with Crippen molar-refractivity contribution in [3.05, 3.63) is 102 Å². The van der Waals surface area contributed by atoms with Crippen LogP contribution in [0.5, 0.6) is 5.75 Å². The number of likely N-dealkylation sites (tertiary alicyclic amines) is 2. The number of amides is 4. The summed E-state index contributed by atoms with van der Waals surface area (Å²) >= 11 is 0. The molecule has 3 fully saturated rings. The first kappa shape index (κ1) is 42.0. The fourth-order valence-electron chi connectivity index (χ4n) is 10.2. The minimum atomic E-state index is -0.949. The summed E-state index contributed by atoms with van der Waals surface area (Å²) in [5, 5.41) is 7.56. The Morgan fingerprint density at radius 3 is 2.42 bits per heavy atom. The Hall–Kier alpha value is -6.94. The number of aromatic amines is 2. The first-order valence-electron chi connectivity index (χ1n) is 22.2. The van der Waals surface area contributed by atoms with Gasteiger partial charge in [-0.3, -0.25) is 9.59 Å². The Bertz CT molecular complexity index is 2820. The van der Waals surface area contributed by atoms with Gasteiger partial charge in [0.1, 0.15) is 36.1 Å². The van der Waals surface area contributed by atoms with Crippen LogP contribution in [0.1, 0.15) is 74.0 Å². The van der Waals surface area contributed by atoms with Crippen LogP contribution in [0.2, 0.25) is 0 Å². The SMILES string of the molecule is COC[C@H]1C[C@@H](c2ncc(-c3ccc4c(c3)OCc3cc5c(ccc6nc([C@@H]7C[C@H]8C[C@H]8N7C(=O)[C@@H](NC(=O)OC)C(C)C)[nH]c65)cc3-4)[nH]2)N(C(=O)[C@H](NC(=O)OC)c2ccccc2)C1. The van der Waals surface area contributed by atoms with Gasteiger partial charge < -0.3 is 49.3 Å². The predicted octanol–water partition coefficient (Wildman–Crippen LogP) is 7.34. The summed E-state index contributed by atoms with van der Waals surface area (Å²) in [6, 6.07) is 21.6. The Morgan fingerprint density at radius 1 is 0.846 bits per heavy atom. The van der Waals surface area contributed by atoms with Gasteiger partial charge in [0.15, 0.2) is 0 Å². The third-order valence-electron chi connectivity index (χ3n) is 13.6. The summed E-state index contributed by atoms with van der Waals surface area (Å²) < 4.78 is 21.7. The molecule has 4 amide bonds. The molecular formula is C49H52N8O8. The van der Waals surface area contributed by atoms with Crippen LogP contribution in [0, 0.1) is 17.8 Å². The summed E-state index contributed by atoms with van der Waals surface area (Å²) in [6.07, 6.45) is 2.87. The molecule has 3 aliphatic heterocycles. The van der Waals surface area contributed by atoms with E-state index in [-0.39, 0.29) is 41.8 Å². The van der Waals surface area contributed by atoms with Gasteiger partial charge in [0.25, 0.3) is 5.91 Å². The van der Waals surface area contributed by atoms with Crippen molar-refractivity contribution in [2.45, 2.75) is 69.9 Å². The molecular weight excluding hydrogens is 829 g/mol. The highest BCUT2D eigenvalue weighted by atomic mass is 16.5. The third-order valence-corrected chi connectivity index (χ3v) is 13.6. The number of rotatable bonds is 11. The van der Waals surface area contributed by atoms with Crippen molar-refractivity contribution >= 4 is 45.8 Å². The van der Waals surface area contributed by atoms with Gasteiger partial charge in [-0.25, -0.2) is 19.6 Å². The zero-order valence-electron chi connectivity index (χ0n) is 36.9. The molecule has 65 heavy (non-hydrogen) atoms. The number of carbonyl (C=O) groups excluding carboxylic acids is 4. The van der Waals surface area contributed by atoms with E-state index in [2.05, 4.69) is 44.9 Å². The van der Waals surface area contributed by atoms with Crippen molar-refractivity contribution in [3.8, 4) is 28.1 Å². The number of carbonyl (C=O) groups is 4. The summed E-state index contributed by atoms with van der Waals surface area (Å²) in [5.74, 6) is 2.12. The van der Waals surface area contributed by atoms with Gasteiger partial charge in [0.05, 0.1) is 55.8 Å². The highest BCUT2D eigenvalue weighted by Gasteiger charge is 2.56. The lowest BCUT2D eigenvalue weighted by molar-refractivity contribution is -0.137. The molecule has 336 valence electrons. The fraction of sp³-hybridized carbons (Fsp3) is 0.388. The molecule has 5 heterocycles. The number of nitrogens with zero attached hydrogens (tertiary/aromatic N) is 4. The van der Waals surface area contributed by atoms with Crippen LogP contribution in [0.15, 0.2) is 79.0 Å². The van der Waals surface area contributed by atoms with Crippen molar-refractivity contribution in [3.63, 3.8) is 0 Å². The van der Waals surface area contributed by atoms with Crippen LogP contribution in [0.4, 0.5) is 9.59 Å². The molecule has 16 heteroatoms. The molecule has 4 N–H and O–H groups in total. The summed E-state index contributed by atoms with van der Waals surface area (Å²) in [7, 11) is 4.23. The highest BCUT2D eigenvalue weighted by Crippen LogP contribution is 2.54. The number of fused-ring (bicyclic) bond motifs is 7. The molecule has 2 aromatic heterocycles. The standard InChI is InChI=1S/C49H52N8O8/c1-25(2)41(54-48(60)63-4)47(59)57-37-18-30(37)19-39(57)45-51-35-14-12-28-16-33-31(17-34(28)43(35)53-45)24-65-40-20-29(11-13-32(33)40)36-21-50-44(52-36)38-15-26(23-62-3)22-56(38)46(58)42(55-49(61)64-5)27-9-7-6-8-10-27/h6-14,16-17,20-21,25-26,30,37-39,41-42H,15,18-19,22-24H2,1-5H3,(H,50,52)(H,51,53)(H,54,60)(H,55,61)/t26-,30+,37+,38-,39-,41-,42+/m0/s1. The number of hydrogen-bond acceptors (Lipinski definition) is 10. The maximum Gasteiger partial charge on any atom is 0.407 e. The van der Waals surface area contributed by atoms with Crippen LogP contribution < -0.4 is 15.4 Å². The number of aromatic nitrogens is 4. The summed E-state index contributed by atoms with van der Waals surface area (Å²) in [4.78, 5) is 73.6. The van der Waals surface area contributed by atoms with Gasteiger partial charge in [-0.15, -0.1) is 0 Å². The van der Waals surface area contributed by atoms with E-state index in [1.165, 1.54) is 14.2 Å². The number of methoxy groups -OCH3 is 3. The van der Waals surface area contributed by atoms with Crippen molar-refractivity contribution in [1.82, 2.24) is 40.4 Å². The van der Waals surface area contributed by atoms with Crippen molar-refractivity contribution in [1.29, 1.82) is 0 Å². The van der Waals surface area contributed by atoms with Crippen molar-refractivity contribution < 1.29 is 38.1 Å². The minimum absolute atomic E-state index is 0.0661. The van der Waals surface area contributed by atoms with Crippen LogP contribution in [-0.2, 0) is 30.4 Å². The highest BCUT2D eigenvalue weighted by molar-refractivity contribution is 6.06. The van der Waals surface area contributed by atoms with E-state index in [1.807, 2.05) is 67.3 Å². The second-order valence-corrected chi connectivity index (χ2v) is 18.0. The number of benzene rings is 4. The average Bonchev–Trinajstić information content (AvgIpc) is 3.79. The lowest BCUT2D eigenvalue weighted by Gasteiger charge is -2.31. The van der Waals surface area contributed by atoms with E-state index in [0.717, 1.165) is 74.2 Å². The molecule has 0 radical (unpaired) electrons. The molecule has 10 rings (SSSR count).